The molecule has 0 amide bonds. The van der Waals surface area contributed by atoms with Crippen LogP contribution >= 0.6 is 0 Å². The number of aromatic amines is 1. The second kappa shape index (κ2) is 2.97. The van der Waals surface area contributed by atoms with Crippen LogP contribution in [0.3, 0.4) is 0 Å². The number of rotatable bonds is 2. The maximum absolute atomic E-state index is 4.13. The van der Waals surface area contributed by atoms with Crippen molar-refractivity contribution in [3.63, 3.8) is 0 Å². The lowest BCUT2D eigenvalue weighted by Crippen LogP contribution is -2.13. The van der Waals surface area contributed by atoms with E-state index in [0.717, 1.165) is 0 Å². The van der Waals surface area contributed by atoms with Gasteiger partial charge in [0.25, 0.3) is 0 Å². The highest BCUT2D eigenvalue weighted by Gasteiger charge is 2.06. The summed E-state index contributed by atoms with van der Waals surface area (Å²) in [6, 6.07) is 0. The summed E-state index contributed by atoms with van der Waals surface area (Å²) >= 11 is 0. The molecule has 0 aliphatic rings. The number of aromatic nitrogens is 9. The summed E-state index contributed by atoms with van der Waals surface area (Å²) in [4.78, 5) is 6.64. The third kappa shape index (κ3) is 1.25. The molecule has 9 nitrogen and oxygen atoms in total. The van der Waals surface area contributed by atoms with E-state index in [1.807, 2.05) is 0 Å². The molecule has 3 aromatic heterocycles. The lowest BCUT2D eigenvalue weighted by atomic mass is 10.5. The summed E-state index contributed by atoms with van der Waals surface area (Å²) in [6.45, 7) is 0. The van der Waals surface area contributed by atoms with Gasteiger partial charge in [0.15, 0.2) is 11.5 Å². The van der Waals surface area contributed by atoms with Crippen molar-refractivity contribution in [3.05, 3.63) is 24.9 Å². The fraction of sp³-hybridized carbons (Fsp3) is 0. The Bertz CT molecular complexity index is 484. The van der Waals surface area contributed by atoms with Crippen LogP contribution in [0.15, 0.2) is 24.9 Å². The van der Waals surface area contributed by atoms with Crippen LogP contribution in [0.2, 0.25) is 0 Å². The Kier molecular flexibility index (Phi) is 1.54. The molecule has 0 atom stereocenters. The highest BCUT2D eigenvalue weighted by Crippen LogP contribution is 2.06. The molecule has 15 heavy (non-hydrogen) atoms. The Morgan fingerprint density at radius 1 is 1.33 bits per heavy atom. The molecule has 0 aliphatic heterocycles. The van der Waals surface area contributed by atoms with Crippen molar-refractivity contribution < 1.29 is 0 Å². The van der Waals surface area contributed by atoms with Crippen molar-refractivity contribution in [2.45, 2.75) is 0 Å². The van der Waals surface area contributed by atoms with Crippen LogP contribution < -0.4 is 0 Å². The Balaban J connectivity index is 2.02. The van der Waals surface area contributed by atoms with Gasteiger partial charge in [0.05, 0.1) is 18.6 Å². The van der Waals surface area contributed by atoms with E-state index < -0.39 is 0 Å². The number of nitrogens with zero attached hydrogens (tertiary/aromatic N) is 8. The van der Waals surface area contributed by atoms with Crippen LogP contribution in [0.1, 0.15) is 0 Å². The Hall–Kier alpha value is -2.58. The van der Waals surface area contributed by atoms with E-state index in [0.29, 0.717) is 11.5 Å². The minimum absolute atomic E-state index is 0.557. The summed E-state index contributed by atoms with van der Waals surface area (Å²) in [6.07, 6.45) is 6.13. The van der Waals surface area contributed by atoms with Crippen molar-refractivity contribution in [2.75, 3.05) is 0 Å². The fourth-order valence-corrected chi connectivity index (χ4v) is 1.09. The van der Waals surface area contributed by atoms with Gasteiger partial charge < -0.3 is 0 Å². The van der Waals surface area contributed by atoms with Crippen LogP contribution in [-0.2, 0) is 0 Å². The molecule has 1 N–H and O–H groups in total. The first-order valence-electron chi connectivity index (χ1n) is 4.08. The molecule has 0 spiro atoms. The monoisotopic (exact) mass is 203 g/mol. The number of H-pyrrole nitrogens is 1. The SMILES string of the molecule is c1cn(-n2ncc(-c3ncn[nH]3)n2)nn1. The highest BCUT2D eigenvalue weighted by atomic mass is 15.8. The van der Waals surface area contributed by atoms with Gasteiger partial charge in [-0.2, -0.15) is 5.10 Å². The maximum atomic E-state index is 4.13. The van der Waals surface area contributed by atoms with Crippen molar-refractivity contribution in [1.29, 1.82) is 0 Å². The maximum Gasteiger partial charge on any atom is 0.177 e. The average molecular weight is 203 g/mol. The van der Waals surface area contributed by atoms with Gasteiger partial charge in [0.2, 0.25) is 0 Å². The quantitative estimate of drug-likeness (QED) is 0.571. The van der Waals surface area contributed by atoms with Crippen molar-refractivity contribution >= 4 is 0 Å². The molecule has 0 fully saturated rings. The standard InChI is InChI=1S/C6H5N9/c1-2-14(13-8-1)15-10-3-5(12-15)6-7-4-9-11-6/h1-4H,(H,7,9,11). The Morgan fingerprint density at radius 3 is 3.07 bits per heavy atom. The van der Waals surface area contributed by atoms with Crippen LogP contribution in [0, 0.1) is 0 Å². The second-order valence-electron chi connectivity index (χ2n) is 2.66. The van der Waals surface area contributed by atoms with Gasteiger partial charge in [-0.15, -0.1) is 20.1 Å². The third-order valence-electron chi connectivity index (χ3n) is 1.73. The number of hydrogen-bond acceptors (Lipinski definition) is 6. The van der Waals surface area contributed by atoms with E-state index in [1.165, 1.54) is 22.2 Å². The first kappa shape index (κ1) is 7.79. The molecule has 0 saturated carbocycles. The minimum Gasteiger partial charge on any atom is -0.258 e. The van der Waals surface area contributed by atoms with Gasteiger partial charge in [-0.1, -0.05) is 4.91 Å². The van der Waals surface area contributed by atoms with Crippen molar-refractivity contribution in [3.8, 4) is 11.5 Å². The normalized spacial score (nSPS) is 10.7. The van der Waals surface area contributed by atoms with Gasteiger partial charge >= 0.3 is 0 Å². The van der Waals surface area contributed by atoms with E-state index in [2.05, 4.69) is 35.7 Å². The summed E-state index contributed by atoms with van der Waals surface area (Å²) in [5, 5.41) is 21.9. The van der Waals surface area contributed by atoms with Crippen LogP contribution in [0.4, 0.5) is 0 Å². The van der Waals surface area contributed by atoms with Gasteiger partial charge in [-0.05, 0) is 5.21 Å². The Labute approximate surface area is 82.7 Å². The zero-order valence-corrected chi connectivity index (χ0v) is 7.39. The van der Waals surface area contributed by atoms with E-state index in [1.54, 1.807) is 12.4 Å². The molecule has 74 valence electrons. The summed E-state index contributed by atoms with van der Waals surface area (Å²) in [5.74, 6) is 0.557. The predicted molar refractivity (Wildman–Crippen MR) is 46.2 cm³/mol. The molecule has 0 unspecified atom stereocenters. The largest absolute Gasteiger partial charge is 0.258 e. The molecule has 9 heteroatoms. The first-order valence-corrected chi connectivity index (χ1v) is 4.08. The zero-order chi connectivity index (χ0) is 10.1. The smallest absolute Gasteiger partial charge is 0.177 e. The lowest BCUT2D eigenvalue weighted by molar-refractivity contribution is 0.431. The molecule has 0 bridgehead atoms. The molecule has 3 heterocycles. The molecule has 3 aromatic rings. The molecule has 0 aromatic carbocycles. The fourth-order valence-electron chi connectivity index (χ4n) is 1.09. The molecule has 3 rings (SSSR count). The summed E-state index contributed by atoms with van der Waals surface area (Å²) < 4.78 is 0. The molecule has 0 radical (unpaired) electrons. The second-order valence-corrected chi connectivity index (χ2v) is 2.66. The van der Waals surface area contributed by atoms with Crippen LogP contribution in [0.5, 0.6) is 0 Å². The Morgan fingerprint density at radius 2 is 2.33 bits per heavy atom. The highest BCUT2D eigenvalue weighted by molar-refractivity contribution is 5.44. The van der Waals surface area contributed by atoms with Gasteiger partial charge in [-0.3, -0.25) is 5.10 Å². The van der Waals surface area contributed by atoms with Crippen LogP contribution in [0.25, 0.3) is 11.5 Å². The zero-order valence-electron chi connectivity index (χ0n) is 7.39. The van der Waals surface area contributed by atoms with Crippen molar-refractivity contribution in [2.24, 2.45) is 0 Å². The number of nitrogens with one attached hydrogen (secondary N) is 1. The molecular weight excluding hydrogens is 198 g/mol. The lowest BCUT2D eigenvalue weighted by Gasteiger charge is -1.93. The number of hydrogen-bond donors (Lipinski definition) is 1. The predicted octanol–water partition coefficient (Wildman–Crippen LogP) is -1.03. The van der Waals surface area contributed by atoms with Gasteiger partial charge in [0.1, 0.15) is 6.33 Å². The average Bonchev–Trinajstić information content (AvgIpc) is 3.02. The van der Waals surface area contributed by atoms with Gasteiger partial charge in [0, 0.05) is 0 Å². The van der Waals surface area contributed by atoms with E-state index in [4.69, 9.17) is 0 Å². The van der Waals surface area contributed by atoms with Crippen LogP contribution in [-0.4, -0.2) is 45.4 Å². The third-order valence-corrected chi connectivity index (χ3v) is 1.73. The molecular formula is C6H5N9. The van der Waals surface area contributed by atoms with Crippen molar-refractivity contribution in [1.82, 2.24) is 45.4 Å². The van der Waals surface area contributed by atoms with E-state index >= 15 is 0 Å². The summed E-state index contributed by atoms with van der Waals surface area (Å²) in [7, 11) is 0. The topological polar surface area (TPSA) is 103 Å². The first-order chi connectivity index (χ1) is 7.43. The van der Waals surface area contributed by atoms with E-state index in [9.17, 15) is 0 Å². The minimum atomic E-state index is 0.557. The molecule has 0 aliphatic carbocycles. The van der Waals surface area contributed by atoms with E-state index in [-0.39, 0.29) is 0 Å². The van der Waals surface area contributed by atoms with Gasteiger partial charge in [-0.25, -0.2) is 4.98 Å². The molecule has 0 saturated heterocycles. The summed E-state index contributed by atoms with van der Waals surface area (Å²) in [5.41, 5.74) is 0.586.